The zero-order chi connectivity index (χ0) is 99.2. The van der Waals surface area contributed by atoms with Gasteiger partial charge in [-0.2, -0.15) is 0 Å². The molecule has 6 unspecified atom stereocenters. The molecule has 0 aromatic rings. The Hall–Kier alpha value is 3.32. The molecular weight excluding hydrogens is 2100 g/mol. The first-order valence-corrected chi connectivity index (χ1v) is 53.8. The minimum atomic E-state index is -2.04. The van der Waals surface area contributed by atoms with E-state index in [1.54, 1.807) is 0 Å². The summed E-state index contributed by atoms with van der Waals surface area (Å²) in [5.41, 5.74) is 0. The van der Waals surface area contributed by atoms with E-state index in [-0.39, 0.29) is 308 Å². The minimum absolute atomic E-state index is 0. The summed E-state index contributed by atoms with van der Waals surface area (Å²) in [5, 5.41) is 130. The second-order valence-corrected chi connectivity index (χ2v) is 37.5. The molecule has 0 saturated carbocycles. The molecule has 0 heterocycles. The van der Waals surface area contributed by atoms with Crippen LogP contribution in [0.4, 0.5) is 0 Å². The van der Waals surface area contributed by atoms with Gasteiger partial charge in [-0.15, -0.1) is 68.2 Å². The normalized spacial score (nSPS) is 11.9. The predicted octanol–water partition coefficient (Wildman–Crippen LogP) is -0.644. The predicted molar refractivity (Wildman–Crippen MR) is 545 cm³/mol. The summed E-state index contributed by atoms with van der Waals surface area (Å²) in [6.07, 6.45) is 69.5. The molecule has 0 amide bonds. The van der Waals surface area contributed by atoms with Crippen LogP contribution in [0.2, 0.25) is 0 Å². The van der Waals surface area contributed by atoms with Gasteiger partial charge in [-0.25, -0.2) is 0 Å². The number of hydrogen-bond donors (Lipinski definition) is 11. The summed E-state index contributed by atoms with van der Waals surface area (Å²) >= 11 is 8.48. The Balaban J connectivity index is -0.000000131. The zero-order valence-electron chi connectivity index (χ0n) is 89.1. The largest absolute Gasteiger partial charge is 1.00 e. The van der Waals surface area contributed by atoms with Gasteiger partial charge in [0.25, 0.3) is 0 Å². The van der Waals surface area contributed by atoms with Gasteiger partial charge in [-0.05, 0) is 34.8 Å². The summed E-state index contributed by atoms with van der Waals surface area (Å²) in [6.45, 7) is 10.9. The molecule has 0 aliphatic carbocycles. The van der Waals surface area contributed by atoms with Gasteiger partial charge in [0.15, 0.2) is 12.3 Å². The van der Waals surface area contributed by atoms with Crippen LogP contribution in [0, 0.1) is 0 Å². The van der Waals surface area contributed by atoms with Gasteiger partial charge in [0.2, 0.25) is 0 Å². The number of carboxylic acid groups (broad SMARTS) is 4. The molecule has 6 atom stereocenters. The Kier molecular flexibility index (Phi) is 170. The molecule has 0 aromatic carbocycles. The second kappa shape index (κ2) is 140. The summed E-state index contributed by atoms with van der Waals surface area (Å²) in [7, 11) is -3.83. The Morgan fingerprint density at radius 3 is 0.787 bits per heavy atom. The van der Waals surface area contributed by atoms with E-state index < -0.39 is 58.7 Å². The number of nitrogens with zero attached hydrogens (tertiary/aromatic N) is 4. The molecule has 40 heteroatoms. The van der Waals surface area contributed by atoms with Crippen LogP contribution in [0.25, 0.3) is 0 Å². The number of ether oxygens (including phenoxy) is 2. The SMILES string of the molecule is CCCCCCCCCCCCCCCCOCC(CCCCCCCCCCCCCC)O[P+](=O)CCC(O)CCl.CCCCCCCCCCCCCCCCOCC(CCCCCCCCCCCCCC)O[P+](=O)CCC(O)C[N+](CCO)(CCO)CC(=O)[O-].O.O=C(O)CN(CCO)CCO.O=C([O-])CN(CCO)CCO.O=C([O-])CN(CCO)CCO.[2H]I.[2H]I.[Cl-].[Na+].[Na+].[Na+].[Na+].[OH-]. The van der Waals surface area contributed by atoms with Crippen LogP contribution < -0.4 is 146 Å². The molecule has 136 heavy (non-hydrogen) atoms. The standard InChI is InChI=1S/C42H85NO8P.C36H73ClO4P.3C6H13NO4.ClH.2HI.4Na.2H2O/c1-3-5-7-9-11-13-15-17-18-20-22-24-26-28-35-50-39-41(29-27-25-23-21-19-16-14-12-10-8-6-4-2)51-52(49)36-30-40(46)37-43(31-33-44,32-34-45)38-42(47)48;1-3-5-7-9-11-13-15-17-18-20-22-24-26-28-31-40-34-36(41-42(39)32-30-35(38)33-37)29-27-25-23-21-19-16-14-12-10-8-6-4-2;3*8-3-1-7(2-4-9)5-6(10)11;;;;;;;;;/h40-41,44-46H,3-39H2,1-2H3;35-36,38H,3-34H2,1-2H3;3*8-9H,1-5H2,(H,10,11);3*1H;;;;;2*1H2/q2*+1;;;;;;;4*+1;;/p-4/i/hD2. The van der Waals surface area contributed by atoms with E-state index in [0.717, 1.165) is 51.6 Å². The number of quaternary nitrogens is 1. The molecule has 0 spiro atoms. The fourth-order valence-corrected chi connectivity index (χ4v) is 17.4. The first-order chi connectivity index (χ1) is 63.6. The van der Waals surface area contributed by atoms with Crippen LogP contribution >= 0.6 is 75.2 Å². The molecule has 0 aliphatic heterocycles. The van der Waals surface area contributed by atoms with Crippen molar-refractivity contribution in [1.82, 2.24) is 14.7 Å². The number of halogens is 4. The molecule has 0 rings (SSSR count). The summed E-state index contributed by atoms with van der Waals surface area (Å²) in [6, 6.07) is 0. The van der Waals surface area contributed by atoms with Crippen LogP contribution in [0.1, 0.15) is 387 Å². The molecule has 30 nitrogen and oxygen atoms in total. The van der Waals surface area contributed by atoms with Gasteiger partial charge in [-0.3, -0.25) is 19.5 Å². The van der Waals surface area contributed by atoms with Crippen molar-refractivity contribution in [2.75, 3.05) is 183 Å². The maximum atomic E-state index is 13.0. The molecule has 0 radical (unpaired) electrons. The van der Waals surface area contributed by atoms with Crippen molar-refractivity contribution in [3.63, 3.8) is 0 Å². The van der Waals surface area contributed by atoms with Crippen molar-refractivity contribution >= 4 is 99.1 Å². The monoisotopic (exact) mass is 2310 g/mol. The van der Waals surface area contributed by atoms with Crippen molar-refractivity contribution in [3.05, 3.63) is 0 Å². The van der Waals surface area contributed by atoms with Gasteiger partial charge >= 0.3 is 140 Å². The number of aliphatic hydroxyl groups excluding tert-OH is 10. The van der Waals surface area contributed by atoms with Crippen molar-refractivity contribution in [2.45, 2.75) is 412 Å². The van der Waals surface area contributed by atoms with Gasteiger partial charge in [0, 0.05) is 84.3 Å². The van der Waals surface area contributed by atoms with Crippen LogP contribution in [0.15, 0.2) is 0 Å². The zero-order valence-corrected chi connectivity index (χ0v) is 103. The average Bonchev–Trinajstić information content (AvgIpc) is 0.850. The molecular formula is C96H200Cl2I2N4Na4O26P2+2. The number of carbonyl (C=O) groups excluding carboxylic acids is 3. The Labute approximate surface area is 963 Å². The van der Waals surface area contributed by atoms with Gasteiger partial charge in [-0.1, -0.05) is 349 Å². The third kappa shape index (κ3) is 139. The molecule has 14 N–H and O–H groups in total. The maximum Gasteiger partial charge on any atom is 1.00 e. The number of aliphatic carboxylic acids is 4. The first kappa shape index (κ1) is 164. The van der Waals surface area contributed by atoms with Crippen molar-refractivity contribution in [2.24, 2.45) is 0 Å². The fraction of sp³-hybridized carbons (Fsp3) is 0.958. The number of carbonyl (C=O) groups is 4. The quantitative estimate of drug-likeness (QED) is 0.00900. The molecule has 800 valence electrons. The van der Waals surface area contributed by atoms with E-state index in [4.69, 9.17) is 67.1 Å². The maximum absolute atomic E-state index is 13.0. The molecule has 0 fully saturated rings. The van der Waals surface area contributed by atoms with E-state index in [2.05, 4.69) is 27.7 Å². The van der Waals surface area contributed by atoms with Crippen LogP contribution in [0.5, 0.6) is 0 Å². The Bertz CT molecular complexity index is 2270. The first-order valence-electron chi connectivity index (χ1n) is 51.3. The van der Waals surface area contributed by atoms with Crippen molar-refractivity contribution in [3.8, 4) is 0 Å². The Morgan fingerprint density at radius 2 is 0.581 bits per heavy atom. The Morgan fingerprint density at radius 1 is 0.360 bits per heavy atom. The topological polar surface area (TPSA) is 502 Å². The number of unbranched alkanes of at least 4 members (excludes halogenated alkanes) is 48. The number of hydrogen-bond acceptors (Lipinski definition) is 27. The van der Waals surface area contributed by atoms with Crippen LogP contribution in [0.3, 0.4) is 0 Å². The number of aliphatic hydroxyl groups is 10. The van der Waals surface area contributed by atoms with Crippen molar-refractivity contribution < 1.29 is 264 Å². The van der Waals surface area contributed by atoms with E-state index >= 15 is 0 Å². The van der Waals surface area contributed by atoms with Gasteiger partial charge in [0.05, 0.1) is 96.6 Å². The van der Waals surface area contributed by atoms with Crippen molar-refractivity contribution in [1.29, 1.82) is 1.19 Å². The molecule has 0 aromatic heterocycles. The summed E-state index contributed by atoms with van der Waals surface area (Å²) < 4.78 is 60.7. The van der Waals surface area contributed by atoms with E-state index in [9.17, 15) is 64.1 Å². The average molecular weight is 2310 g/mol. The number of rotatable bonds is 97. The van der Waals surface area contributed by atoms with E-state index in [1.165, 1.54) is 364 Å². The smallest absolute Gasteiger partial charge is 1.00 e. The minimum Gasteiger partial charge on any atom is -1.00 e. The van der Waals surface area contributed by atoms with Crippen LogP contribution in [-0.2, 0) is 46.8 Å². The second-order valence-electron chi connectivity index (χ2n) is 34.6. The number of carboxylic acids is 4. The summed E-state index contributed by atoms with van der Waals surface area (Å²) in [4.78, 5) is 45.9. The van der Waals surface area contributed by atoms with E-state index in [0.29, 0.717) is 32.4 Å². The number of alkyl halides is 1. The van der Waals surface area contributed by atoms with Crippen LogP contribution in [-0.4, -0.2) is 318 Å². The third-order valence-corrected chi connectivity index (χ3v) is 25.1. The van der Waals surface area contributed by atoms with Gasteiger partial charge in [0.1, 0.15) is 45.7 Å². The summed E-state index contributed by atoms with van der Waals surface area (Å²) in [5.74, 6) is -4.49. The van der Waals surface area contributed by atoms with E-state index in [1.807, 2.05) is 0 Å². The third-order valence-electron chi connectivity index (χ3n) is 22.4. The molecule has 0 bridgehead atoms. The van der Waals surface area contributed by atoms with Gasteiger partial charge < -0.3 is 123 Å². The fourth-order valence-electron chi connectivity index (χ4n) is 15.0. The molecule has 0 saturated heterocycles. The molecule has 0 aliphatic rings.